The van der Waals surface area contributed by atoms with Crippen molar-refractivity contribution in [2.45, 2.75) is 37.0 Å². The second kappa shape index (κ2) is 6.01. The Morgan fingerprint density at radius 3 is 2.57 bits per heavy atom. The fourth-order valence-electron chi connectivity index (χ4n) is 3.42. The van der Waals surface area contributed by atoms with E-state index in [1.165, 1.54) is 0 Å². The summed E-state index contributed by atoms with van der Waals surface area (Å²) in [5.41, 5.74) is -0.0458. The van der Waals surface area contributed by atoms with Crippen molar-refractivity contribution in [3.8, 4) is 0 Å². The minimum atomic E-state index is -1.55. The Balaban J connectivity index is 1.91. The van der Waals surface area contributed by atoms with E-state index in [0.717, 1.165) is 12.1 Å². The predicted octanol–water partition coefficient (Wildman–Crippen LogP) is 2.75. The molecule has 2 atom stereocenters. The summed E-state index contributed by atoms with van der Waals surface area (Å²) in [6, 6.07) is 1.28. The van der Waals surface area contributed by atoms with Crippen LogP contribution in [0.15, 0.2) is 12.1 Å². The fraction of sp³-hybridized carbons (Fsp3) is 0.533. The predicted molar refractivity (Wildman–Crippen MR) is 72.5 cm³/mol. The van der Waals surface area contributed by atoms with Crippen molar-refractivity contribution in [3.05, 3.63) is 35.1 Å². The van der Waals surface area contributed by atoms with Crippen molar-refractivity contribution in [2.24, 2.45) is 0 Å². The largest absolute Gasteiger partial charge is 0.465 e. The third-order valence-corrected chi connectivity index (χ3v) is 4.44. The number of hydrogen-bond donors (Lipinski definition) is 2. The molecule has 0 radical (unpaired) electrons. The van der Waals surface area contributed by atoms with Gasteiger partial charge in [-0.25, -0.2) is 18.0 Å². The first-order valence-corrected chi connectivity index (χ1v) is 7.33. The van der Waals surface area contributed by atoms with Crippen LogP contribution in [0.2, 0.25) is 0 Å². The highest BCUT2D eigenvalue weighted by Crippen LogP contribution is 2.43. The van der Waals surface area contributed by atoms with Gasteiger partial charge in [-0.1, -0.05) is 6.07 Å². The van der Waals surface area contributed by atoms with Crippen LogP contribution in [0, 0.1) is 17.5 Å². The molecule has 2 fully saturated rings. The zero-order valence-corrected chi connectivity index (χ0v) is 12.2. The number of amides is 1. The Labute approximate surface area is 130 Å². The second-order valence-corrected chi connectivity index (χ2v) is 5.78. The topological polar surface area (TPSA) is 67.8 Å². The Kier molecular flexibility index (Phi) is 4.20. The molecule has 3 rings (SSSR count). The average molecular weight is 331 g/mol. The number of benzene rings is 1. The van der Waals surface area contributed by atoms with Gasteiger partial charge in [0.1, 0.15) is 0 Å². The van der Waals surface area contributed by atoms with Gasteiger partial charge in [0.2, 0.25) is 0 Å². The van der Waals surface area contributed by atoms with Gasteiger partial charge in [0.15, 0.2) is 23.2 Å². The Bertz CT molecular complexity index is 619. The number of halogens is 3. The highest BCUT2D eigenvalue weighted by atomic mass is 19.2. The molecule has 5 nitrogen and oxygen atoms in total. The van der Waals surface area contributed by atoms with Gasteiger partial charge in [0.05, 0.1) is 13.2 Å². The highest BCUT2D eigenvalue weighted by Gasteiger charge is 2.46. The van der Waals surface area contributed by atoms with Gasteiger partial charge >= 0.3 is 6.09 Å². The van der Waals surface area contributed by atoms with Crippen molar-refractivity contribution in [3.63, 3.8) is 0 Å². The lowest BCUT2D eigenvalue weighted by atomic mass is 9.77. The molecule has 8 heteroatoms. The van der Waals surface area contributed by atoms with E-state index >= 15 is 0 Å². The first kappa shape index (κ1) is 16.1. The van der Waals surface area contributed by atoms with Gasteiger partial charge in [-0.2, -0.15) is 0 Å². The normalized spacial score (nSPS) is 26.4. The number of ether oxygens (including phenoxy) is 2. The van der Waals surface area contributed by atoms with E-state index in [4.69, 9.17) is 14.6 Å². The first-order chi connectivity index (χ1) is 10.9. The van der Waals surface area contributed by atoms with E-state index in [1.807, 2.05) is 0 Å². The molecule has 23 heavy (non-hydrogen) atoms. The van der Waals surface area contributed by atoms with E-state index in [1.54, 1.807) is 0 Å². The van der Waals surface area contributed by atoms with Gasteiger partial charge in [-0.05, 0) is 18.1 Å². The van der Waals surface area contributed by atoms with Crippen molar-refractivity contribution < 1.29 is 32.5 Å². The molecule has 0 unspecified atom stereocenters. The zero-order valence-electron chi connectivity index (χ0n) is 12.2. The lowest BCUT2D eigenvalue weighted by molar-refractivity contribution is -0.183. The zero-order chi connectivity index (χ0) is 16.6. The molecule has 1 aromatic rings. The summed E-state index contributed by atoms with van der Waals surface area (Å²) < 4.78 is 51.8. The van der Waals surface area contributed by atoms with Crippen molar-refractivity contribution in [1.29, 1.82) is 0 Å². The monoisotopic (exact) mass is 331 g/mol. The van der Waals surface area contributed by atoms with Crippen LogP contribution in [-0.2, 0) is 9.47 Å². The number of rotatable bonds is 2. The number of hydrogen-bond acceptors (Lipinski definition) is 3. The van der Waals surface area contributed by atoms with Crippen LogP contribution in [0.3, 0.4) is 0 Å². The minimum absolute atomic E-state index is 0.0458. The standard InChI is InChI=1S/C15H16F3NO4/c16-10-2-1-9(12(17)13(10)18)8-3-4-15(22-5-6-23-15)7-11(8)19-14(20)21/h1-2,8,11,19H,3-7H2,(H,20,21)/t8-,11+/m1/s1. The molecule has 1 spiro atoms. The van der Waals surface area contributed by atoms with Gasteiger partial charge in [-0.3, -0.25) is 0 Å². The Morgan fingerprint density at radius 2 is 1.91 bits per heavy atom. The van der Waals surface area contributed by atoms with Crippen molar-refractivity contribution in [1.82, 2.24) is 5.32 Å². The Hall–Kier alpha value is -1.80. The molecular weight excluding hydrogens is 315 g/mol. The van der Waals surface area contributed by atoms with Gasteiger partial charge in [0.25, 0.3) is 0 Å². The number of carboxylic acid groups (broad SMARTS) is 1. The maximum atomic E-state index is 14.1. The average Bonchev–Trinajstić information content (AvgIpc) is 2.94. The first-order valence-electron chi connectivity index (χ1n) is 7.33. The SMILES string of the molecule is O=C(O)N[C@H]1CC2(CC[C@@H]1c1ccc(F)c(F)c1F)OCCO2. The van der Waals surface area contributed by atoms with E-state index in [0.29, 0.717) is 26.1 Å². The lowest BCUT2D eigenvalue weighted by Gasteiger charge is -2.41. The van der Waals surface area contributed by atoms with Crippen LogP contribution in [0.4, 0.5) is 18.0 Å². The quantitative estimate of drug-likeness (QED) is 0.818. The summed E-state index contributed by atoms with van der Waals surface area (Å²) in [5, 5.41) is 11.3. The molecule has 1 saturated heterocycles. The third-order valence-electron chi connectivity index (χ3n) is 4.44. The summed E-state index contributed by atoms with van der Waals surface area (Å²) in [7, 11) is 0. The maximum Gasteiger partial charge on any atom is 0.404 e. The van der Waals surface area contributed by atoms with E-state index in [-0.39, 0.29) is 12.0 Å². The minimum Gasteiger partial charge on any atom is -0.465 e. The molecule has 1 aliphatic carbocycles. The van der Waals surface area contributed by atoms with Crippen LogP contribution in [-0.4, -0.2) is 36.2 Å². The summed E-state index contributed by atoms with van der Waals surface area (Å²) in [6.07, 6.45) is -0.346. The van der Waals surface area contributed by atoms with Gasteiger partial charge in [0, 0.05) is 24.8 Å². The molecular formula is C15H16F3NO4. The van der Waals surface area contributed by atoms with Crippen LogP contribution in [0.5, 0.6) is 0 Å². The molecule has 126 valence electrons. The Morgan fingerprint density at radius 1 is 1.22 bits per heavy atom. The van der Waals surface area contributed by atoms with E-state index in [2.05, 4.69) is 5.32 Å². The molecule has 1 amide bonds. The van der Waals surface area contributed by atoms with Crippen LogP contribution in [0.25, 0.3) is 0 Å². The molecule has 1 aliphatic heterocycles. The lowest BCUT2D eigenvalue weighted by Crippen LogP contribution is -2.49. The molecule has 1 aromatic carbocycles. The van der Waals surface area contributed by atoms with Gasteiger partial charge in [-0.15, -0.1) is 0 Å². The summed E-state index contributed by atoms with van der Waals surface area (Å²) in [4.78, 5) is 11.0. The van der Waals surface area contributed by atoms with Crippen LogP contribution < -0.4 is 5.32 Å². The van der Waals surface area contributed by atoms with Crippen molar-refractivity contribution in [2.75, 3.05) is 13.2 Å². The van der Waals surface area contributed by atoms with Gasteiger partial charge < -0.3 is 19.9 Å². The molecule has 0 aromatic heterocycles. The number of carbonyl (C=O) groups is 1. The van der Waals surface area contributed by atoms with Crippen molar-refractivity contribution >= 4 is 6.09 Å². The molecule has 2 N–H and O–H groups in total. The fourth-order valence-corrected chi connectivity index (χ4v) is 3.42. The number of nitrogens with one attached hydrogen (secondary N) is 1. The molecule has 1 heterocycles. The summed E-state index contributed by atoms with van der Waals surface area (Å²) in [6.45, 7) is 0.813. The molecule has 1 saturated carbocycles. The molecule has 2 aliphatic rings. The summed E-state index contributed by atoms with van der Waals surface area (Å²) >= 11 is 0. The smallest absolute Gasteiger partial charge is 0.404 e. The summed E-state index contributed by atoms with van der Waals surface area (Å²) in [5.74, 6) is -5.62. The maximum absolute atomic E-state index is 14.1. The molecule has 0 bridgehead atoms. The second-order valence-electron chi connectivity index (χ2n) is 5.78. The third kappa shape index (κ3) is 3.00. The van der Waals surface area contributed by atoms with Crippen LogP contribution in [0.1, 0.15) is 30.7 Å². The van der Waals surface area contributed by atoms with Crippen LogP contribution >= 0.6 is 0 Å². The highest BCUT2D eigenvalue weighted by molar-refractivity contribution is 5.65. The van der Waals surface area contributed by atoms with E-state index in [9.17, 15) is 18.0 Å². The van der Waals surface area contributed by atoms with E-state index < -0.39 is 41.3 Å².